The van der Waals surface area contributed by atoms with Crippen LogP contribution < -0.4 is 5.63 Å². The fraction of sp³-hybridized carbons (Fsp3) is 0.143. The molecule has 0 N–H and O–H groups in total. The molecule has 0 saturated heterocycles. The van der Waals surface area contributed by atoms with Gasteiger partial charge in [-0.15, -0.1) is 0 Å². The van der Waals surface area contributed by atoms with Crippen LogP contribution in [0.4, 0.5) is 5.88 Å². The van der Waals surface area contributed by atoms with Gasteiger partial charge >= 0.3 is 11.5 Å². The molecule has 0 amide bonds. The van der Waals surface area contributed by atoms with E-state index >= 15 is 0 Å². The van der Waals surface area contributed by atoms with Crippen molar-refractivity contribution in [1.29, 1.82) is 0 Å². The molecule has 0 aliphatic heterocycles. The maximum absolute atomic E-state index is 12.4. The minimum absolute atomic E-state index is 0.272. The van der Waals surface area contributed by atoms with Gasteiger partial charge in [0.15, 0.2) is 0 Å². The molecule has 2 aromatic heterocycles. The maximum atomic E-state index is 12.4. The summed E-state index contributed by atoms with van der Waals surface area (Å²) in [5.74, 6) is 0.272. The predicted octanol–water partition coefficient (Wildman–Crippen LogP) is 5.68. The van der Waals surface area contributed by atoms with Gasteiger partial charge in [0.25, 0.3) is 0 Å². The van der Waals surface area contributed by atoms with Gasteiger partial charge in [-0.05, 0) is 32.4 Å². The van der Waals surface area contributed by atoms with Crippen molar-refractivity contribution in [2.24, 2.45) is 0 Å². The van der Waals surface area contributed by atoms with E-state index < -0.39 is 0 Å². The molecule has 4 nitrogen and oxygen atoms in total. The Balaban J connectivity index is 2.26. The van der Waals surface area contributed by atoms with Crippen LogP contribution in [0.1, 0.15) is 16.7 Å². The van der Waals surface area contributed by atoms with Crippen LogP contribution in [-0.4, -0.2) is 0 Å². The Hall–Kier alpha value is -3.32. The van der Waals surface area contributed by atoms with E-state index in [0.29, 0.717) is 16.7 Å². The van der Waals surface area contributed by atoms with Gasteiger partial charge in [0.1, 0.15) is 11.2 Å². The quantitative estimate of drug-likeness (QED) is 0.333. The molecule has 4 rings (SSSR count). The number of aryl methyl sites for hydroxylation is 2. The van der Waals surface area contributed by atoms with Crippen LogP contribution in [0.5, 0.6) is 0 Å². The van der Waals surface area contributed by atoms with Gasteiger partial charge in [-0.25, -0.2) is 4.79 Å². The van der Waals surface area contributed by atoms with Crippen molar-refractivity contribution in [3.8, 4) is 11.1 Å². The number of furan rings is 1. The number of hydrogen-bond acceptors (Lipinski definition) is 3. The highest BCUT2D eigenvalue weighted by molar-refractivity contribution is 6.06. The summed E-state index contributed by atoms with van der Waals surface area (Å²) in [4.78, 5) is 15.8. The topological polar surface area (TPSA) is 47.7 Å². The van der Waals surface area contributed by atoms with Crippen molar-refractivity contribution < 1.29 is 8.83 Å². The number of benzene rings is 2. The summed E-state index contributed by atoms with van der Waals surface area (Å²) in [7, 11) is 0. The van der Waals surface area contributed by atoms with Gasteiger partial charge in [-0.2, -0.15) is 4.85 Å². The third-order valence-corrected chi connectivity index (χ3v) is 4.69. The lowest BCUT2D eigenvalue weighted by atomic mass is 9.95. The van der Waals surface area contributed by atoms with Crippen LogP contribution in [0.2, 0.25) is 0 Å². The van der Waals surface area contributed by atoms with E-state index in [1.165, 1.54) is 0 Å². The summed E-state index contributed by atoms with van der Waals surface area (Å²) >= 11 is 0. The zero-order chi connectivity index (χ0) is 17.7. The van der Waals surface area contributed by atoms with Crippen LogP contribution >= 0.6 is 0 Å². The number of rotatable bonds is 1. The second kappa shape index (κ2) is 5.35. The second-order valence-corrected chi connectivity index (χ2v) is 6.15. The zero-order valence-corrected chi connectivity index (χ0v) is 14.1. The molecule has 0 atom stereocenters. The highest BCUT2D eigenvalue weighted by Crippen LogP contribution is 2.40. The third kappa shape index (κ3) is 2.10. The Morgan fingerprint density at radius 2 is 1.56 bits per heavy atom. The number of hydrogen-bond donors (Lipinski definition) is 0. The van der Waals surface area contributed by atoms with Gasteiger partial charge < -0.3 is 8.83 Å². The molecular weight excluding hydrogens is 314 g/mol. The lowest BCUT2D eigenvalue weighted by Gasteiger charge is -2.11. The first kappa shape index (κ1) is 15.2. The van der Waals surface area contributed by atoms with Crippen molar-refractivity contribution in [2.45, 2.75) is 20.8 Å². The largest absolute Gasteiger partial charge is 0.479 e. The van der Waals surface area contributed by atoms with E-state index in [-0.39, 0.29) is 11.5 Å². The van der Waals surface area contributed by atoms with Gasteiger partial charge in [-0.1, -0.05) is 30.3 Å². The van der Waals surface area contributed by atoms with Gasteiger partial charge in [0.2, 0.25) is 0 Å². The minimum atomic E-state index is -0.359. The SMILES string of the molecule is [C-]#[N+]c1oc2c(C)c3oc(=O)c(C)c(-c4ccccc4)c3cc2c1C. The van der Waals surface area contributed by atoms with Crippen molar-refractivity contribution in [1.82, 2.24) is 0 Å². The molecule has 0 bridgehead atoms. The highest BCUT2D eigenvalue weighted by atomic mass is 16.4. The normalized spacial score (nSPS) is 11.1. The van der Waals surface area contributed by atoms with E-state index in [1.54, 1.807) is 6.92 Å². The Bertz CT molecular complexity index is 1240. The third-order valence-electron chi connectivity index (χ3n) is 4.69. The average molecular weight is 329 g/mol. The van der Waals surface area contributed by atoms with Crippen molar-refractivity contribution in [2.75, 3.05) is 0 Å². The molecule has 0 aliphatic carbocycles. The Kier molecular flexibility index (Phi) is 3.26. The summed E-state index contributed by atoms with van der Waals surface area (Å²) < 4.78 is 11.3. The van der Waals surface area contributed by atoms with Crippen LogP contribution in [0.15, 0.2) is 50.0 Å². The van der Waals surface area contributed by atoms with E-state index in [4.69, 9.17) is 15.4 Å². The molecule has 0 fully saturated rings. The molecule has 0 unspecified atom stereocenters. The molecule has 25 heavy (non-hydrogen) atoms. The van der Waals surface area contributed by atoms with Crippen LogP contribution in [0.25, 0.3) is 37.9 Å². The van der Waals surface area contributed by atoms with E-state index in [9.17, 15) is 4.79 Å². The predicted molar refractivity (Wildman–Crippen MR) is 98.2 cm³/mol. The fourth-order valence-corrected chi connectivity index (χ4v) is 3.36. The summed E-state index contributed by atoms with van der Waals surface area (Å²) in [6, 6.07) is 11.8. The first-order chi connectivity index (χ1) is 12.0. The standard InChI is InChI=1S/C21H15NO3/c1-11-15-10-16-17(14-8-6-5-7-9-14)12(2)21(23)25-19(16)13(3)18(15)24-20(11)22-4/h5-10H,1-3H3. The van der Waals surface area contributed by atoms with Crippen molar-refractivity contribution in [3.05, 3.63) is 74.9 Å². The average Bonchev–Trinajstić information content (AvgIpc) is 2.94. The van der Waals surface area contributed by atoms with Crippen molar-refractivity contribution in [3.63, 3.8) is 0 Å². The second-order valence-electron chi connectivity index (χ2n) is 6.15. The zero-order valence-electron chi connectivity index (χ0n) is 14.1. The van der Waals surface area contributed by atoms with Gasteiger partial charge in [0, 0.05) is 33.0 Å². The lowest BCUT2D eigenvalue weighted by molar-refractivity contribution is 0.552. The lowest BCUT2D eigenvalue weighted by Crippen LogP contribution is -2.06. The summed E-state index contributed by atoms with van der Waals surface area (Å²) in [6.07, 6.45) is 0. The van der Waals surface area contributed by atoms with Gasteiger partial charge in [0.05, 0.1) is 6.57 Å². The molecule has 0 radical (unpaired) electrons. The Labute approximate surface area is 144 Å². The van der Waals surface area contributed by atoms with E-state index in [2.05, 4.69) is 4.85 Å². The van der Waals surface area contributed by atoms with Crippen LogP contribution in [-0.2, 0) is 0 Å². The number of nitrogens with zero attached hydrogens (tertiary/aromatic N) is 1. The maximum Gasteiger partial charge on any atom is 0.349 e. The van der Waals surface area contributed by atoms with Crippen molar-refractivity contribution >= 4 is 27.8 Å². The molecule has 4 heteroatoms. The van der Waals surface area contributed by atoms with Crippen LogP contribution in [0, 0.1) is 27.3 Å². The van der Waals surface area contributed by atoms with E-state index in [0.717, 1.165) is 33.0 Å². The highest BCUT2D eigenvalue weighted by Gasteiger charge is 2.20. The molecule has 2 aromatic carbocycles. The first-order valence-electron chi connectivity index (χ1n) is 7.96. The Morgan fingerprint density at radius 1 is 0.880 bits per heavy atom. The molecule has 0 aliphatic rings. The smallest absolute Gasteiger partial charge is 0.349 e. The monoisotopic (exact) mass is 329 g/mol. The molecule has 0 spiro atoms. The van der Waals surface area contributed by atoms with E-state index in [1.807, 2.05) is 50.2 Å². The molecule has 4 aromatic rings. The fourth-order valence-electron chi connectivity index (χ4n) is 3.36. The summed E-state index contributed by atoms with van der Waals surface area (Å²) in [5, 5.41) is 1.73. The summed E-state index contributed by atoms with van der Waals surface area (Å²) in [5.41, 5.74) is 4.68. The first-order valence-corrected chi connectivity index (χ1v) is 7.96. The summed E-state index contributed by atoms with van der Waals surface area (Å²) in [6.45, 7) is 12.8. The molecule has 122 valence electrons. The number of fused-ring (bicyclic) bond motifs is 2. The minimum Gasteiger partial charge on any atom is -0.479 e. The Morgan fingerprint density at radius 3 is 2.24 bits per heavy atom. The molecule has 2 heterocycles. The molecule has 0 saturated carbocycles. The molecular formula is C21H15NO3. The van der Waals surface area contributed by atoms with Crippen LogP contribution in [0.3, 0.4) is 0 Å². The van der Waals surface area contributed by atoms with Gasteiger partial charge in [-0.3, -0.25) is 0 Å².